The van der Waals surface area contributed by atoms with Crippen LogP contribution in [0.5, 0.6) is 0 Å². The van der Waals surface area contributed by atoms with Crippen LogP contribution >= 0.6 is 11.5 Å². The van der Waals surface area contributed by atoms with E-state index < -0.39 is 0 Å². The molecule has 2 rings (SSSR count). The zero-order valence-electron chi connectivity index (χ0n) is 10.7. The summed E-state index contributed by atoms with van der Waals surface area (Å²) in [6.45, 7) is 5.94. The molecule has 0 atom stereocenters. The molecule has 1 aromatic rings. The van der Waals surface area contributed by atoms with Crippen molar-refractivity contribution in [1.82, 2.24) is 9.36 Å². The molecule has 17 heavy (non-hydrogen) atoms. The fourth-order valence-corrected chi connectivity index (χ4v) is 3.09. The van der Waals surface area contributed by atoms with Gasteiger partial charge in [-0.25, -0.2) is 4.98 Å². The van der Waals surface area contributed by atoms with Crippen molar-refractivity contribution in [3.05, 3.63) is 5.82 Å². The Hall–Kier alpha value is -0.680. The van der Waals surface area contributed by atoms with Gasteiger partial charge in [0, 0.05) is 24.0 Å². The van der Waals surface area contributed by atoms with Crippen LogP contribution in [0.4, 0.5) is 5.13 Å². The zero-order valence-corrected chi connectivity index (χ0v) is 11.5. The summed E-state index contributed by atoms with van der Waals surface area (Å²) in [5.41, 5.74) is 6.21. The third-order valence-electron chi connectivity index (χ3n) is 3.67. The number of rotatable bonds is 5. The van der Waals surface area contributed by atoms with E-state index >= 15 is 0 Å². The Labute approximate surface area is 107 Å². The Bertz CT molecular complexity index is 355. The lowest BCUT2D eigenvalue weighted by molar-refractivity contribution is 0.332. The first-order chi connectivity index (χ1) is 8.15. The molecule has 0 bridgehead atoms. The van der Waals surface area contributed by atoms with Crippen LogP contribution in [0.3, 0.4) is 0 Å². The van der Waals surface area contributed by atoms with Crippen LogP contribution in [0.15, 0.2) is 0 Å². The van der Waals surface area contributed by atoms with E-state index in [0.29, 0.717) is 11.3 Å². The lowest BCUT2D eigenvalue weighted by atomic mass is 9.86. The molecular weight excluding hydrogens is 232 g/mol. The molecule has 0 aromatic carbocycles. The van der Waals surface area contributed by atoms with Crippen LogP contribution in [0, 0.1) is 5.41 Å². The lowest BCUT2D eigenvalue weighted by Crippen LogP contribution is -2.34. The summed E-state index contributed by atoms with van der Waals surface area (Å²) >= 11 is 1.46. The van der Waals surface area contributed by atoms with Gasteiger partial charge in [0.25, 0.3) is 0 Å². The second-order valence-corrected chi connectivity index (χ2v) is 6.13. The van der Waals surface area contributed by atoms with Crippen LogP contribution in [-0.4, -0.2) is 22.4 Å². The minimum Gasteiger partial charge on any atom is -0.360 e. The van der Waals surface area contributed by atoms with Gasteiger partial charge in [0.05, 0.1) is 0 Å². The van der Waals surface area contributed by atoms with Crippen LogP contribution in [0.1, 0.15) is 51.3 Å². The highest BCUT2D eigenvalue weighted by atomic mass is 32.1. The summed E-state index contributed by atoms with van der Waals surface area (Å²) in [6, 6.07) is 0. The second-order valence-electron chi connectivity index (χ2n) is 5.38. The molecule has 0 saturated heterocycles. The van der Waals surface area contributed by atoms with E-state index in [1.165, 1.54) is 37.2 Å². The SMILES string of the molecule is CC(C)c1nsc(NCC2(CN)CCCC2)n1. The van der Waals surface area contributed by atoms with Crippen molar-refractivity contribution in [3.8, 4) is 0 Å². The van der Waals surface area contributed by atoms with Gasteiger partial charge in [-0.05, 0) is 24.8 Å². The molecule has 3 N–H and O–H groups in total. The molecule has 1 aromatic heterocycles. The van der Waals surface area contributed by atoms with Crippen LogP contribution in [0.25, 0.3) is 0 Å². The predicted octanol–water partition coefficient (Wildman–Crippen LogP) is 2.59. The highest BCUT2D eigenvalue weighted by molar-refractivity contribution is 7.09. The van der Waals surface area contributed by atoms with Gasteiger partial charge in [-0.1, -0.05) is 26.7 Å². The third kappa shape index (κ3) is 2.96. The van der Waals surface area contributed by atoms with Gasteiger partial charge >= 0.3 is 0 Å². The fourth-order valence-electron chi connectivity index (χ4n) is 2.38. The molecule has 1 heterocycles. The minimum absolute atomic E-state index is 0.295. The van der Waals surface area contributed by atoms with Crippen molar-refractivity contribution in [1.29, 1.82) is 0 Å². The molecule has 96 valence electrons. The smallest absolute Gasteiger partial charge is 0.202 e. The van der Waals surface area contributed by atoms with E-state index in [0.717, 1.165) is 24.0 Å². The third-order valence-corrected chi connectivity index (χ3v) is 4.36. The normalized spacial score (nSPS) is 18.8. The quantitative estimate of drug-likeness (QED) is 0.847. The summed E-state index contributed by atoms with van der Waals surface area (Å²) in [5, 5.41) is 4.36. The Kier molecular flexibility index (Phi) is 3.99. The number of nitrogens with zero attached hydrogens (tertiary/aromatic N) is 2. The number of nitrogens with two attached hydrogens (primary N) is 1. The van der Waals surface area contributed by atoms with E-state index in [1.54, 1.807) is 0 Å². The zero-order chi connectivity index (χ0) is 12.3. The van der Waals surface area contributed by atoms with Gasteiger partial charge in [-0.3, -0.25) is 0 Å². The van der Waals surface area contributed by atoms with E-state index in [2.05, 4.69) is 28.5 Å². The second kappa shape index (κ2) is 5.31. The van der Waals surface area contributed by atoms with Crippen molar-refractivity contribution < 1.29 is 0 Å². The molecule has 1 aliphatic rings. The maximum Gasteiger partial charge on any atom is 0.202 e. The number of hydrogen-bond donors (Lipinski definition) is 2. The standard InChI is InChI=1S/C12H22N4S/c1-9(2)10-15-11(17-16-10)14-8-12(7-13)5-3-4-6-12/h9H,3-8,13H2,1-2H3,(H,14,15,16). The summed E-state index contributed by atoms with van der Waals surface area (Å²) in [6.07, 6.45) is 5.11. The molecule has 0 unspecified atom stereocenters. The van der Waals surface area contributed by atoms with Crippen molar-refractivity contribution in [2.75, 3.05) is 18.4 Å². The van der Waals surface area contributed by atoms with Crippen molar-refractivity contribution in [2.45, 2.75) is 45.4 Å². The average molecular weight is 254 g/mol. The largest absolute Gasteiger partial charge is 0.360 e. The monoisotopic (exact) mass is 254 g/mol. The first kappa shape index (κ1) is 12.8. The molecule has 5 heteroatoms. The average Bonchev–Trinajstić information content (AvgIpc) is 2.96. The van der Waals surface area contributed by atoms with Crippen molar-refractivity contribution in [3.63, 3.8) is 0 Å². The molecular formula is C12H22N4S. The summed E-state index contributed by atoms with van der Waals surface area (Å²) < 4.78 is 4.35. The molecule has 0 radical (unpaired) electrons. The predicted molar refractivity (Wildman–Crippen MR) is 72.4 cm³/mol. The number of aromatic nitrogens is 2. The highest BCUT2D eigenvalue weighted by Gasteiger charge is 2.32. The van der Waals surface area contributed by atoms with Gasteiger partial charge in [-0.15, -0.1) is 0 Å². The Morgan fingerprint density at radius 1 is 1.41 bits per heavy atom. The first-order valence-electron chi connectivity index (χ1n) is 6.43. The summed E-state index contributed by atoms with van der Waals surface area (Å²) in [5.74, 6) is 1.34. The van der Waals surface area contributed by atoms with Gasteiger partial charge in [0.2, 0.25) is 5.13 Å². The van der Waals surface area contributed by atoms with Crippen molar-refractivity contribution >= 4 is 16.7 Å². The maximum absolute atomic E-state index is 5.91. The van der Waals surface area contributed by atoms with Crippen LogP contribution < -0.4 is 11.1 Å². The van der Waals surface area contributed by atoms with E-state index in [4.69, 9.17) is 5.73 Å². The Morgan fingerprint density at radius 3 is 2.65 bits per heavy atom. The van der Waals surface area contributed by atoms with Crippen LogP contribution in [-0.2, 0) is 0 Å². The fraction of sp³-hybridized carbons (Fsp3) is 0.833. The van der Waals surface area contributed by atoms with Gasteiger partial charge in [0.15, 0.2) is 0 Å². The van der Waals surface area contributed by atoms with Crippen molar-refractivity contribution in [2.24, 2.45) is 11.1 Å². The summed E-state index contributed by atoms with van der Waals surface area (Å²) in [7, 11) is 0. The van der Waals surface area contributed by atoms with E-state index in [1.807, 2.05) is 0 Å². The van der Waals surface area contributed by atoms with E-state index in [9.17, 15) is 0 Å². The number of anilines is 1. The van der Waals surface area contributed by atoms with Gasteiger partial charge in [0.1, 0.15) is 5.82 Å². The van der Waals surface area contributed by atoms with Gasteiger partial charge in [-0.2, -0.15) is 4.37 Å². The lowest BCUT2D eigenvalue weighted by Gasteiger charge is -2.26. The van der Waals surface area contributed by atoms with E-state index in [-0.39, 0.29) is 0 Å². The highest BCUT2D eigenvalue weighted by Crippen LogP contribution is 2.37. The molecule has 0 spiro atoms. The number of nitrogens with one attached hydrogen (secondary N) is 1. The molecule has 1 saturated carbocycles. The molecule has 0 amide bonds. The molecule has 1 aliphatic carbocycles. The molecule has 0 aliphatic heterocycles. The van der Waals surface area contributed by atoms with Crippen LogP contribution in [0.2, 0.25) is 0 Å². The Morgan fingerprint density at radius 2 is 2.12 bits per heavy atom. The molecule has 4 nitrogen and oxygen atoms in total. The molecule has 1 fully saturated rings. The maximum atomic E-state index is 5.91. The topological polar surface area (TPSA) is 63.8 Å². The minimum atomic E-state index is 0.295. The first-order valence-corrected chi connectivity index (χ1v) is 7.20. The Balaban J connectivity index is 1.92. The number of hydrogen-bond acceptors (Lipinski definition) is 5. The summed E-state index contributed by atoms with van der Waals surface area (Å²) in [4.78, 5) is 4.49. The van der Waals surface area contributed by atoms with Gasteiger partial charge < -0.3 is 11.1 Å².